The first-order valence-corrected chi connectivity index (χ1v) is 9.71. The van der Waals surface area contributed by atoms with E-state index in [0.717, 1.165) is 7.11 Å². The summed E-state index contributed by atoms with van der Waals surface area (Å²) in [5.74, 6) is -1.59. The zero-order chi connectivity index (χ0) is 20.4. The number of imide groups is 1. The van der Waals surface area contributed by atoms with Crippen molar-refractivity contribution >= 4 is 47.2 Å². The van der Waals surface area contributed by atoms with Gasteiger partial charge in [-0.05, 0) is 37.5 Å². The van der Waals surface area contributed by atoms with E-state index >= 15 is 0 Å². The molecule has 148 valence electrons. The van der Waals surface area contributed by atoms with E-state index in [9.17, 15) is 19.2 Å². The number of hydrogen-bond donors (Lipinski definition) is 2. The Bertz CT molecular complexity index is 700. The van der Waals surface area contributed by atoms with Crippen molar-refractivity contribution in [1.29, 1.82) is 0 Å². The molecule has 0 bridgehead atoms. The third-order valence-corrected chi connectivity index (χ3v) is 4.37. The van der Waals surface area contributed by atoms with E-state index in [1.165, 1.54) is 24.8 Å². The lowest BCUT2D eigenvalue weighted by molar-refractivity contribution is -0.156. The number of methoxy groups -OCH3 is 1. The molecule has 0 aromatic heterocycles. The molecule has 3 amide bonds. The number of alkyl carbamates (subject to hydrolysis) is 1. The summed E-state index contributed by atoms with van der Waals surface area (Å²) in [6.07, 6.45) is -0.0638. The maximum Gasteiger partial charge on any atom is 0.413 e. The van der Waals surface area contributed by atoms with Crippen LogP contribution in [0.25, 0.3) is 0 Å². The molecular formula is C17H21ClN2O6S. The molecule has 27 heavy (non-hydrogen) atoms. The minimum Gasteiger partial charge on any atom is -0.453 e. The van der Waals surface area contributed by atoms with Crippen molar-refractivity contribution in [2.75, 3.05) is 19.1 Å². The molecule has 0 radical (unpaired) electrons. The molecule has 10 heteroatoms. The molecule has 1 aromatic rings. The molecule has 0 spiro atoms. The number of carbonyl (C=O) groups excluding carboxylic acids is 4. The minimum absolute atomic E-state index is 0.220. The lowest BCUT2D eigenvalue weighted by Gasteiger charge is -2.20. The van der Waals surface area contributed by atoms with E-state index in [4.69, 9.17) is 16.3 Å². The van der Waals surface area contributed by atoms with E-state index in [0.29, 0.717) is 12.2 Å². The molecule has 1 aromatic carbocycles. The molecule has 1 rings (SSSR count). The van der Waals surface area contributed by atoms with Gasteiger partial charge in [-0.1, -0.05) is 23.7 Å². The van der Waals surface area contributed by atoms with Crippen LogP contribution in [0.3, 0.4) is 0 Å². The van der Waals surface area contributed by atoms with Crippen LogP contribution in [0.4, 0.5) is 4.79 Å². The highest BCUT2D eigenvalue weighted by molar-refractivity contribution is 7.98. The molecule has 0 fully saturated rings. The minimum atomic E-state index is -1.24. The summed E-state index contributed by atoms with van der Waals surface area (Å²) in [4.78, 5) is 47.6. The number of amides is 3. The van der Waals surface area contributed by atoms with Crippen LogP contribution in [0.1, 0.15) is 23.7 Å². The Labute approximate surface area is 166 Å². The van der Waals surface area contributed by atoms with E-state index in [1.54, 1.807) is 18.2 Å². The molecule has 0 saturated carbocycles. The fourth-order valence-electron chi connectivity index (χ4n) is 1.93. The van der Waals surface area contributed by atoms with E-state index in [-0.39, 0.29) is 10.6 Å². The molecule has 0 unspecified atom stereocenters. The van der Waals surface area contributed by atoms with Gasteiger partial charge in [-0.2, -0.15) is 11.8 Å². The molecule has 0 saturated heterocycles. The Morgan fingerprint density at radius 1 is 1.22 bits per heavy atom. The number of thioether (sulfide) groups is 1. The summed E-state index contributed by atoms with van der Waals surface area (Å²) >= 11 is 7.48. The van der Waals surface area contributed by atoms with Gasteiger partial charge in [-0.3, -0.25) is 14.9 Å². The smallest absolute Gasteiger partial charge is 0.413 e. The quantitative estimate of drug-likeness (QED) is 0.623. The average molecular weight is 417 g/mol. The fraction of sp³-hybridized carbons (Fsp3) is 0.412. The average Bonchev–Trinajstić information content (AvgIpc) is 2.64. The molecular weight excluding hydrogens is 396 g/mol. The maximum absolute atomic E-state index is 12.4. The highest BCUT2D eigenvalue weighted by Crippen LogP contribution is 2.15. The number of hydrogen-bond acceptors (Lipinski definition) is 7. The Hall–Kier alpha value is -2.26. The van der Waals surface area contributed by atoms with Gasteiger partial charge in [0.05, 0.1) is 17.7 Å². The van der Waals surface area contributed by atoms with Gasteiger partial charge in [-0.25, -0.2) is 9.59 Å². The van der Waals surface area contributed by atoms with Gasteiger partial charge >= 0.3 is 12.1 Å². The zero-order valence-corrected chi connectivity index (χ0v) is 16.7. The normalized spacial score (nSPS) is 12.4. The van der Waals surface area contributed by atoms with Crippen LogP contribution in [0.5, 0.6) is 0 Å². The van der Waals surface area contributed by atoms with Gasteiger partial charge in [0, 0.05) is 0 Å². The van der Waals surface area contributed by atoms with Gasteiger partial charge in [0.1, 0.15) is 6.04 Å². The number of ether oxygens (including phenoxy) is 2. The largest absolute Gasteiger partial charge is 0.453 e. The van der Waals surface area contributed by atoms with Crippen LogP contribution in [-0.4, -0.2) is 55.1 Å². The summed E-state index contributed by atoms with van der Waals surface area (Å²) in [7, 11) is 1.10. The highest BCUT2D eigenvalue weighted by atomic mass is 35.5. The number of esters is 1. The molecule has 0 heterocycles. The predicted octanol–water partition coefficient (Wildman–Crippen LogP) is 2.01. The maximum atomic E-state index is 12.4. The Balaban J connectivity index is 2.78. The number of nitrogens with one attached hydrogen (secondary N) is 2. The lowest BCUT2D eigenvalue weighted by atomic mass is 10.1. The standard InChI is InChI=1S/C17H21ClN2O6S/c1-10(14(21)20-17(24)25-2)26-16(23)13(8-9-27-3)19-15(22)11-6-4-5-7-12(11)18/h4-7,10,13H,8-9H2,1-3H3,(H,19,22)(H,20,21,24)/t10-,13+/m0/s1. The predicted molar refractivity (Wildman–Crippen MR) is 102 cm³/mol. The highest BCUT2D eigenvalue weighted by Gasteiger charge is 2.27. The van der Waals surface area contributed by atoms with Crippen molar-refractivity contribution < 1.29 is 28.7 Å². The molecule has 2 N–H and O–H groups in total. The second-order valence-corrected chi connectivity index (χ2v) is 6.74. The third-order valence-electron chi connectivity index (χ3n) is 3.39. The second-order valence-electron chi connectivity index (χ2n) is 5.35. The van der Waals surface area contributed by atoms with Crippen LogP contribution >= 0.6 is 23.4 Å². The zero-order valence-electron chi connectivity index (χ0n) is 15.1. The van der Waals surface area contributed by atoms with Crippen LogP contribution in [0, 0.1) is 0 Å². The Kier molecular flexibility index (Phi) is 9.66. The Morgan fingerprint density at radius 2 is 1.89 bits per heavy atom. The topological polar surface area (TPSA) is 111 Å². The monoisotopic (exact) mass is 416 g/mol. The van der Waals surface area contributed by atoms with Crippen molar-refractivity contribution in [3.8, 4) is 0 Å². The summed E-state index contributed by atoms with van der Waals surface area (Å²) in [6.45, 7) is 1.30. The van der Waals surface area contributed by atoms with Crippen molar-refractivity contribution in [3.63, 3.8) is 0 Å². The van der Waals surface area contributed by atoms with Crippen molar-refractivity contribution in [2.45, 2.75) is 25.5 Å². The molecule has 2 atom stereocenters. The van der Waals surface area contributed by atoms with Crippen molar-refractivity contribution in [3.05, 3.63) is 34.9 Å². The fourth-order valence-corrected chi connectivity index (χ4v) is 2.62. The molecule has 0 aliphatic carbocycles. The first kappa shape index (κ1) is 22.8. The van der Waals surface area contributed by atoms with Gasteiger partial charge in [0.15, 0.2) is 6.10 Å². The van der Waals surface area contributed by atoms with Gasteiger partial charge < -0.3 is 14.8 Å². The number of halogens is 1. The van der Waals surface area contributed by atoms with Crippen molar-refractivity contribution in [2.24, 2.45) is 0 Å². The molecule has 0 aliphatic heterocycles. The lowest BCUT2D eigenvalue weighted by Crippen LogP contribution is -2.46. The Morgan fingerprint density at radius 3 is 2.48 bits per heavy atom. The summed E-state index contributed by atoms with van der Waals surface area (Å²) in [6, 6.07) is 5.44. The van der Waals surface area contributed by atoms with Crippen LogP contribution in [-0.2, 0) is 19.1 Å². The molecule has 0 aliphatic rings. The van der Waals surface area contributed by atoms with E-state index in [2.05, 4.69) is 10.1 Å². The summed E-state index contributed by atoms with van der Waals surface area (Å²) < 4.78 is 9.37. The number of carbonyl (C=O) groups is 4. The third kappa shape index (κ3) is 7.48. The van der Waals surface area contributed by atoms with Gasteiger partial charge in [0.25, 0.3) is 11.8 Å². The summed E-state index contributed by atoms with van der Waals surface area (Å²) in [5.41, 5.74) is 0.220. The van der Waals surface area contributed by atoms with E-state index in [1.807, 2.05) is 11.6 Å². The van der Waals surface area contributed by atoms with Crippen LogP contribution in [0.2, 0.25) is 5.02 Å². The van der Waals surface area contributed by atoms with Gasteiger partial charge in [-0.15, -0.1) is 0 Å². The number of benzene rings is 1. The first-order valence-electron chi connectivity index (χ1n) is 7.93. The molecule has 8 nitrogen and oxygen atoms in total. The number of rotatable bonds is 8. The van der Waals surface area contributed by atoms with Gasteiger partial charge in [0.2, 0.25) is 0 Å². The van der Waals surface area contributed by atoms with E-state index < -0.39 is 36.0 Å². The van der Waals surface area contributed by atoms with Crippen LogP contribution < -0.4 is 10.6 Å². The summed E-state index contributed by atoms with van der Waals surface area (Å²) in [5, 5.41) is 4.72. The second kappa shape index (κ2) is 11.5. The van der Waals surface area contributed by atoms with Crippen LogP contribution in [0.15, 0.2) is 24.3 Å². The SMILES string of the molecule is COC(=O)NC(=O)[C@H](C)OC(=O)[C@@H](CCSC)NC(=O)c1ccccc1Cl. The van der Waals surface area contributed by atoms with Crippen molar-refractivity contribution in [1.82, 2.24) is 10.6 Å². The first-order chi connectivity index (χ1) is 12.8.